The van der Waals surface area contributed by atoms with Crippen molar-refractivity contribution in [1.82, 2.24) is 5.32 Å². The van der Waals surface area contributed by atoms with Gasteiger partial charge < -0.3 is 35.2 Å². The molecule has 1 aliphatic heterocycles. The van der Waals surface area contributed by atoms with Crippen LogP contribution < -0.4 is 10.1 Å². The minimum absolute atomic E-state index is 0.175. The highest BCUT2D eigenvalue weighted by Crippen LogP contribution is 2.31. The molecule has 2 aromatic rings. The van der Waals surface area contributed by atoms with Gasteiger partial charge in [-0.1, -0.05) is 32.0 Å². The normalized spacial score (nSPS) is 26.6. The van der Waals surface area contributed by atoms with Crippen molar-refractivity contribution in [1.29, 1.82) is 0 Å². The largest absolute Gasteiger partial charge is 0.462 e. The van der Waals surface area contributed by atoms with E-state index < -0.39 is 36.8 Å². The van der Waals surface area contributed by atoms with Crippen LogP contribution in [0.5, 0.6) is 5.75 Å². The fourth-order valence-corrected chi connectivity index (χ4v) is 3.70. The zero-order valence-corrected chi connectivity index (χ0v) is 18.6. The van der Waals surface area contributed by atoms with Crippen LogP contribution in [-0.2, 0) is 4.74 Å². The average molecular weight is 446 g/mol. The van der Waals surface area contributed by atoms with E-state index in [0.29, 0.717) is 11.3 Å². The molecular formula is C24H31NO7. The number of hydrogen-bond acceptors (Lipinski definition) is 7. The number of ether oxygens (including phenoxy) is 2. The number of aliphatic hydroxyl groups is 4. The van der Waals surface area contributed by atoms with Crippen LogP contribution in [0.1, 0.15) is 29.8 Å². The van der Waals surface area contributed by atoms with Crippen molar-refractivity contribution in [2.24, 2.45) is 5.92 Å². The first-order valence-corrected chi connectivity index (χ1v) is 10.6. The molecule has 5 N–H and O–H groups in total. The molecule has 0 aromatic heterocycles. The smallest absolute Gasteiger partial charge is 0.251 e. The molecule has 0 bridgehead atoms. The Labute approximate surface area is 187 Å². The van der Waals surface area contributed by atoms with E-state index in [4.69, 9.17) is 9.47 Å². The first kappa shape index (κ1) is 24.2. The van der Waals surface area contributed by atoms with Crippen molar-refractivity contribution in [2.75, 3.05) is 7.05 Å². The van der Waals surface area contributed by atoms with Crippen molar-refractivity contribution < 1.29 is 34.7 Å². The molecule has 4 unspecified atom stereocenters. The standard InChI is InChI=1S/C24H31NO7/c1-12(2)18(26)22-20(28)19(27)21(29)24(32-22)31-17-9-8-15(10-13(17)3)14-6-5-7-16(11-14)23(30)25-4/h5-12,18-22,24,26-29H,1-4H3,(H,25,30)/t18?,19?,20-,21?,22?,24-/m0/s1. The van der Waals surface area contributed by atoms with E-state index in [1.54, 1.807) is 45.2 Å². The zero-order valence-electron chi connectivity index (χ0n) is 18.6. The van der Waals surface area contributed by atoms with Crippen LogP contribution in [0.2, 0.25) is 0 Å². The molecule has 174 valence electrons. The Hall–Kier alpha value is -2.49. The maximum Gasteiger partial charge on any atom is 0.251 e. The summed E-state index contributed by atoms with van der Waals surface area (Å²) < 4.78 is 11.5. The number of rotatable bonds is 6. The van der Waals surface area contributed by atoms with Gasteiger partial charge in [-0.2, -0.15) is 0 Å². The minimum Gasteiger partial charge on any atom is -0.462 e. The van der Waals surface area contributed by atoms with Gasteiger partial charge in [-0.15, -0.1) is 0 Å². The molecule has 1 fully saturated rings. The number of benzene rings is 2. The number of hydrogen-bond donors (Lipinski definition) is 5. The highest BCUT2D eigenvalue weighted by Gasteiger charge is 2.48. The van der Waals surface area contributed by atoms with Gasteiger partial charge in [0.1, 0.15) is 30.2 Å². The SMILES string of the molecule is CNC(=O)c1cccc(-c2ccc(O[C@H]3OC(C(O)C(C)C)[C@@H](O)C(O)C3O)c(C)c2)c1. The predicted octanol–water partition coefficient (Wildman–Crippen LogP) is 1.22. The highest BCUT2D eigenvalue weighted by atomic mass is 16.7. The summed E-state index contributed by atoms with van der Waals surface area (Å²) >= 11 is 0. The molecule has 3 rings (SSSR count). The van der Waals surface area contributed by atoms with Crippen LogP contribution in [0.3, 0.4) is 0 Å². The Morgan fingerprint density at radius 1 is 1.03 bits per heavy atom. The summed E-state index contributed by atoms with van der Waals surface area (Å²) in [7, 11) is 1.58. The number of aryl methyl sites for hydroxylation is 1. The average Bonchev–Trinajstić information content (AvgIpc) is 2.79. The van der Waals surface area contributed by atoms with Crippen LogP contribution in [0, 0.1) is 12.8 Å². The van der Waals surface area contributed by atoms with Gasteiger partial charge in [0.15, 0.2) is 0 Å². The lowest BCUT2D eigenvalue weighted by Crippen LogP contribution is -2.62. The second kappa shape index (κ2) is 9.97. The quantitative estimate of drug-likeness (QED) is 0.452. The van der Waals surface area contributed by atoms with E-state index in [1.807, 2.05) is 25.1 Å². The summed E-state index contributed by atoms with van der Waals surface area (Å²) in [4.78, 5) is 11.9. The van der Waals surface area contributed by atoms with Crippen LogP contribution in [0.4, 0.5) is 0 Å². The van der Waals surface area contributed by atoms with Crippen molar-refractivity contribution in [3.63, 3.8) is 0 Å². The van der Waals surface area contributed by atoms with Crippen molar-refractivity contribution in [3.05, 3.63) is 53.6 Å². The Bertz CT molecular complexity index is 948. The van der Waals surface area contributed by atoms with Crippen LogP contribution in [-0.4, -0.2) is 70.2 Å². The molecule has 8 nitrogen and oxygen atoms in total. The monoisotopic (exact) mass is 445 g/mol. The summed E-state index contributed by atoms with van der Waals surface area (Å²) in [6, 6.07) is 12.6. The lowest BCUT2D eigenvalue weighted by molar-refractivity contribution is -0.291. The molecular weight excluding hydrogens is 414 g/mol. The zero-order chi connectivity index (χ0) is 23.6. The third kappa shape index (κ3) is 4.95. The van der Waals surface area contributed by atoms with E-state index in [2.05, 4.69) is 5.32 Å². The number of aliphatic hydroxyl groups excluding tert-OH is 4. The molecule has 8 heteroatoms. The van der Waals surface area contributed by atoms with Gasteiger partial charge in [-0.3, -0.25) is 4.79 Å². The van der Waals surface area contributed by atoms with E-state index in [0.717, 1.165) is 16.7 Å². The van der Waals surface area contributed by atoms with Gasteiger partial charge >= 0.3 is 0 Å². The Morgan fingerprint density at radius 2 is 1.72 bits per heavy atom. The van der Waals surface area contributed by atoms with E-state index in [-0.39, 0.29) is 11.8 Å². The molecule has 32 heavy (non-hydrogen) atoms. The van der Waals surface area contributed by atoms with Gasteiger partial charge in [-0.05, 0) is 53.8 Å². The number of carbonyl (C=O) groups is 1. The number of amides is 1. The first-order valence-electron chi connectivity index (χ1n) is 10.6. The fourth-order valence-electron chi connectivity index (χ4n) is 3.70. The van der Waals surface area contributed by atoms with Gasteiger partial charge in [0.25, 0.3) is 5.91 Å². The molecule has 0 radical (unpaired) electrons. The molecule has 1 amide bonds. The Morgan fingerprint density at radius 3 is 2.34 bits per heavy atom. The summed E-state index contributed by atoms with van der Waals surface area (Å²) in [6.07, 6.45) is -7.89. The molecule has 6 atom stereocenters. The topological polar surface area (TPSA) is 128 Å². The van der Waals surface area contributed by atoms with Crippen molar-refractivity contribution in [3.8, 4) is 16.9 Å². The second-order valence-corrected chi connectivity index (χ2v) is 8.43. The highest BCUT2D eigenvalue weighted by molar-refractivity contribution is 5.95. The summed E-state index contributed by atoms with van der Waals surface area (Å²) in [5.41, 5.74) is 3.01. The number of nitrogens with one attached hydrogen (secondary N) is 1. The third-order valence-electron chi connectivity index (χ3n) is 5.73. The second-order valence-electron chi connectivity index (χ2n) is 8.43. The molecule has 0 aliphatic carbocycles. The fraction of sp³-hybridized carbons (Fsp3) is 0.458. The summed E-state index contributed by atoms with van der Waals surface area (Å²) in [5.74, 6) is 0.0109. The Balaban J connectivity index is 1.81. The number of carbonyl (C=O) groups excluding carboxylic acids is 1. The molecule has 1 saturated heterocycles. The first-order chi connectivity index (χ1) is 15.1. The van der Waals surface area contributed by atoms with E-state index in [9.17, 15) is 25.2 Å². The van der Waals surface area contributed by atoms with Crippen molar-refractivity contribution in [2.45, 2.75) is 57.6 Å². The lowest BCUT2D eigenvalue weighted by Gasteiger charge is -2.42. The van der Waals surface area contributed by atoms with Gasteiger partial charge in [0.05, 0.1) is 6.10 Å². The maximum absolute atomic E-state index is 11.9. The molecule has 2 aromatic carbocycles. The van der Waals surface area contributed by atoms with E-state index >= 15 is 0 Å². The third-order valence-corrected chi connectivity index (χ3v) is 5.73. The van der Waals surface area contributed by atoms with Crippen LogP contribution in [0.25, 0.3) is 11.1 Å². The lowest BCUT2D eigenvalue weighted by atomic mass is 9.90. The van der Waals surface area contributed by atoms with Gasteiger partial charge in [0, 0.05) is 12.6 Å². The maximum atomic E-state index is 11.9. The van der Waals surface area contributed by atoms with Crippen molar-refractivity contribution >= 4 is 5.91 Å². The molecule has 0 spiro atoms. The van der Waals surface area contributed by atoms with Crippen LogP contribution >= 0.6 is 0 Å². The van der Waals surface area contributed by atoms with Gasteiger partial charge in [0.2, 0.25) is 6.29 Å². The minimum atomic E-state index is -1.53. The van der Waals surface area contributed by atoms with Gasteiger partial charge in [-0.25, -0.2) is 0 Å². The molecule has 0 saturated carbocycles. The molecule has 1 heterocycles. The van der Waals surface area contributed by atoms with E-state index in [1.165, 1.54) is 0 Å². The molecule has 1 aliphatic rings. The van der Waals surface area contributed by atoms with Crippen LogP contribution in [0.15, 0.2) is 42.5 Å². The Kier molecular flexibility index (Phi) is 7.53. The predicted molar refractivity (Wildman–Crippen MR) is 118 cm³/mol. The summed E-state index contributed by atoms with van der Waals surface area (Å²) in [5, 5.41) is 43.8. The summed E-state index contributed by atoms with van der Waals surface area (Å²) in [6.45, 7) is 5.34.